The molecule has 25 heavy (non-hydrogen) atoms. The van der Waals surface area contributed by atoms with E-state index < -0.39 is 10.0 Å². The SMILES string of the molecule is COc1ccc(N(C)C(=O)CCS(=O)(=O)N2CCOCC2)cc1OC. The molecule has 1 fully saturated rings. The first-order valence-electron chi connectivity index (χ1n) is 7.93. The Kier molecular flexibility index (Phi) is 6.63. The predicted molar refractivity (Wildman–Crippen MR) is 93.8 cm³/mol. The highest BCUT2D eigenvalue weighted by Crippen LogP contribution is 2.31. The molecule has 1 saturated heterocycles. The number of hydrogen-bond acceptors (Lipinski definition) is 6. The highest BCUT2D eigenvalue weighted by atomic mass is 32.2. The van der Waals surface area contributed by atoms with Gasteiger partial charge >= 0.3 is 0 Å². The van der Waals surface area contributed by atoms with Crippen LogP contribution in [0.25, 0.3) is 0 Å². The summed E-state index contributed by atoms with van der Waals surface area (Å²) < 4.78 is 41.5. The maximum atomic E-state index is 12.4. The molecule has 1 heterocycles. The van der Waals surface area contributed by atoms with Gasteiger partial charge in [-0.25, -0.2) is 8.42 Å². The zero-order valence-electron chi connectivity index (χ0n) is 14.7. The third-order valence-corrected chi connectivity index (χ3v) is 5.94. The summed E-state index contributed by atoms with van der Waals surface area (Å²) in [4.78, 5) is 13.8. The Morgan fingerprint density at radius 3 is 2.44 bits per heavy atom. The van der Waals surface area contributed by atoms with Gasteiger partial charge in [-0.1, -0.05) is 0 Å². The number of amides is 1. The number of ether oxygens (including phenoxy) is 3. The van der Waals surface area contributed by atoms with E-state index in [4.69, 9.17) is 14.2 Å². The van der Waals surface area contributed by atoms with Crippen molar-refractivity contribution in [3.63, 3.8) is 0 Å². The molecule has 1 aromatic rings. The summed E-state index contributed by atoms with van der Waals surface area (Å²) in [6.07, 6.45) is -0.0927. The van der Waals surface area contributed by atoms with E-state index in [1.807, 2.05) is 0 Å². The van der Waals surface area contributed by atoms with E-state index in [9.17, 15) is 13.2 Å². The predicted octanol–water partition coefficient (Wildman–Crippen LogP) is 0.719. The fourth-order valence-electron chi connectivity index (χ4n) is 2.52. The van der Waals surface area contributed by atoms with Crippen molar-refractivity contribution in [3.05, 3.63) is 18.2 Å². The fraction of sp³-hybridized carbons (Fsp3) is 0.562. The van der Waals surface area contributed by atoms with Crippen LogP contribution in [0.2, 0.25) is 0 Å². The lowest BCUT2D eigenvalue weighted by atomic mass is 10.2. The number of methoxy groups -OCH3 is 2. The van der Waals surface area contributed by atoms with Crippen molar-refractivity contribution in [2.45, 2.75) is 6.42 Å². The summed E-state index contributed by atoms with van der Waals surface area (Å²) in [7, 11) is 1.19. The topological polar surface area (TPSA) is 85.4 Å². The first-order chi connectivity index (χ1) is 11.9. The molecule has 1 aromatic carbocycles. The van der Waals surface area contributed by atoms with Crippen LogP contribution in [0.5, 0.6) is 11.5 Å². The molecule has 1 aliphatic heterocycles. The van der Waals surface area contributed by atoms with Crippen LogP contribution in [0, 0.1) is 0 Å². The van der Waals surface area contributed by atoms with Crippen molar-refractivity contribution in [3.8, 4) is 11.5 Å². The third kappa shape index (κ3) is 4.83. The summed E-state index contributed by atoms with van der Waals surface area (Å²) in [6, 6.07) is 5.09. The molecule has 0 bridgehead atoms. The summed E-state index contributed by atoms with van der Waals surface area (Å²) in [5.41, 5.74) is 0.603. The summed E-state index contributed by atoms with van der Waals surface area (Å²) in [5.74, 6) is 0.551. The Balaban J connectivity index is 2.00. The Hall–Kier alpha value is -1.84. The van der Waals surface area contributed by atoms with Crippen molar-refractivity contribution < 1.29 is 27.4 Å². The van der Waals surface area contributed by atoms with Gasteiger partial charge in [0.05, 0.1) is 33.2 Å². The number of sulfonamides is 1. The van der Waals surface area contributed by atoms with Crippen LogP contribution in [0.1, 0.15) is 6.42 Å². The normalized spacial score (nSPS) is 15.6. The van der Waals surface area contributed by atoms with E-state index in [0.717, 1.165) is 0 Å². The molecule has 9 heteroatoms. The van der Waals surface area contributed by atoms with E-state index in [1.165, 1.54) is 23.4 Å². The lowest BCUT2D eigenvalue weighted by Gasteiger charge is -2.26. The van der Waals surface area contributed by atoms with Crippen molar-refractivity contribution in [1.82, 2.24) is 4.31 Å². The Bertz CT molecular complexity index is 701. The number of benzene rings is 1. The number of nitrogens with zero attached hydrogens (tertiary/aromatic N) is 2. The van der Waals surface area contributed by atoms with Gasteiger partial charge in [0.25, 0.3) is 0 Å². The Morgan fingerprint density at radius 2 is 1.84 bits per heavy atom. The van der Waals surface area contributed by atoms with Crippen molar-refractivity contribution >= 4 is 21.6 Å². The lowest BCUT2D eigenvalue weighted by molar-refractivity contribution is -0.117. The van der Waals surface area contributed by atoms with Crippen molar-refractivity contribution in [2.24, 2.45) is 0 Å². The monoisotopic (exact) mass is 372 g/mol. The maximum absolute atomic E-state index is 12.4. The highest BCUT2D eigenvalue weighted by molar-refractivity contribution is 7.89. The van der Waals surface area contributed by atoms with E-state index >= 15 is 0 Å². The second kappa shape index (κ2) is 8.50. The third-order valence-electron chi connectivity index (χ3n) is 4.07. The molecule has 0 atom stereocenters. The van der Waals surface area contributed by atoms with Crippen LogP contribution in [0.4, 0.5) is 5.69 Å². The van der Waals surface area contributed by atoms with Gasteiger partial charge in [-0.05, 0) is 12.1 Å². The molecule has 0 unspecified atom stereocenters. The average molecular weight is 372 g/mol. The summed E-state index contributed by atoms with van der Waals surface area (Å²) >= 11 is 0. The minimum absolute atomic E-state index is 0.0927. The van der Waals surface area contributed by atoms with Gasteiger partial charge in [0.1, 0.15) is 0 Å². The second-order valence-corrected chi connectivity index (χ2v) is 7.66. The maximum Gasteiger partial charge on any atom is 0.227 e. The zero-order chi connectivity index (χ0) is 18.4. The number of carbonyl (C=O) groups excluding carboxylic acids is 1. The van der Waals surface area contributed by atoms with Crippen LogP contribution in [0.15, 0.2) is 18.2 Å². The summed E-state index contributed by atoms with van der Waals surface area (Å²) in [6.45, 7) is 1.45. The van der Waals surface area contributed by atoms with Crippen molar-refractivity contribution in [1.29, 1.82) is 0 Å². The lowest BCUT2D eigenvalue weighted by Crippen LogP contribution is -2.42. The second-order valence-electron chi connectivity index (χ2n) is 5.57. The molecule has 140 valence electrons. The average Bonchev–Trinajstić information content (AvgIpc) is 2.65. The number of carbonyl (C=O) groups is 1. The molecule has 0 N–H and O–H groups in total. The molecular weight excluding hydrogens is 348 g/mol. The largest absolute Gasteiger partial charge is 0.493 e. The van der Waals surface area contributed by atoms with Gasteiger partial charge in [-0.2, -0.15) is 4.31 Å². The molecule has 0 saturated carbocycles. The van der Waals surface area contributed by atoms with Crippen LogP contribution in [-0.4, -0.2) is 72.0 Å². The van der Waals surface area contributed by atoms with Crippen molar-refractivity contribution in [2.75, 3.05) is 58.2 Å². The number of morpholine rings is 1. The van der Waals surface area contributed by atoms with Crippen LogP contribution in [0.3, 0.4) is 0 Å². The quantitative estimate of drug-likeness (QED) is 0.701. The van der Waals surface area contributed by atoms with Gasteiger partial charge in [0.15, 0.2) is 11.5 Å². The number of rotatable bonds is 7. The number of hydrogen-bond donors (Lipinski definition) is 0. The molecule has 0 aromatic heterocycles. The molecular formula is C16H24N2O6S. The van der Waals surface area contributed by atoms with Crippen LogP contribution in [-0.2, 0) is 19.6 Å². The standard InChI is InChI=1S/C16H24N2O6S/c1-17(13-4-5-14(22-2)15(12-13)23-3)16(19)6-11-25(20,21)18-7-9-24-10-8-18/h4-5,12H,6-11H2,1-3H3. The first kappa shape index (κ1) is 19.5. The van der Waals surface area contributed by atoms with Gasteiger partial charge in [-0.3, -0.25) is 4.79 Å². The number of anilines is 1. The molecule has 1 amide bonds. The minimum atomic E-state index is -3.46. The van der Waals surface area contributed by atoms with E-state index in [2.05, 4.69) is 0 Å². The first-order valence-corrected chi connectivity index (χ1v) is 9.54. The molecule has 2 rings (SSSR count). The minimum Gasteiger partial charge on any atom is -0.493 e. The molecule has 8 nitrogen and oxygen atoms in total. The van der Waals surface area contributed by atoms with Gasteiger partial charge in [-0.15, -0.1) is 0 Å². The fourth-order valence-corrected chi connectivity index (χ4v) is 3.91. The molecule has 0 spiro atoms. The Morgan fingerprint density at radius 1 is 1.20 bits per heavy atom. The van der Waals surface area contributed by atoms with E-state index in [0.29, 0.717) is 43.5 Å². The molecule has 1 aliphatic rings. The molecule has 0 aliphatic carbocycles. The smallest absolute Gasteiger partial charge is 0.227 e. The van der Waals surface area contributed by atoms with E-state index in [1.54, 1.807) is 25.2 Å². The van der Waals surface area contributed by atoms with Gasteiger partial charge in [0, 0.05) is 38.3 Å². The van der Waals surface area contributed by atoms with Gasteiger partial charge in [0.2, 0.25) is 15.9 Å². The van der Waals surface area contributed by atoms with E-state index in [-0.39, 0.29) is 18.1 Å². The van der Waals surface area contributed by atoms with Crippen LogP contribution >= 0.6 is 0 Å². The highest BCUT2D eigenvalue weighted by Gasteiger charge is 2.25. The zero-order valence-corrected chi connectivity index (χ0v) is 15.5. The summed E-state index contributed by atoms with van der Waals surface area (Å²) in [5, 5.41) is 0. The Labute approximate surface area is 148 Å². The molecule has 0 radical (unpaired) electrons. The van der Waals surface area contributed by atoms with Crippen LogP contribution < -0.4 is 14.4 Å². The van der Waals surface area contributed by atoms with Gasteiger partial charge < -0.3 is 19.1 Å².